The molecule has 0 spiro atoms. The zero-order valence-electron chi connectivity index (χ0n) is 12.4. The fourth-order valence-electron chi connectivity index (χ4n) is 1.72. The SMILES string of the molecule is CCC(C)(C#N)C(=O)NCCCCCCC(C)C. The van der Waals surface area contributed by atoms with Crippen LogP contribution < -0.4 is 5.32 Å². The molecule has 0 saturated heterocycles. The second-order valence-electron chi connectivity index (χ2n) is 5.65. The second kappa shape index (κ2) is 8.97. The smallest absolute Gasteiger partial charge is 0.240 e. The van der Waals surface area contributed by atoms with E-state index in [0.717, 1.165) is 18.8 Å². The van der Waals surface area contributed by atoms with Crippen LogP contribution in [0.5, 0.6) is 0 Å². The van der Waals surface area contributed by atoms with E-state index in [1.807, 2.05) is 6.92 Å². The maximum Gasteiger partial charge on any atom is 0.240 e. The first kappa shape index (κ1) is 17.0. The van der Waals surface area contributed by atoms with Gasteiger partial charge in [0.1, 0.15) is 5.41 Å². The van der Waals surface area contributed by atoms with Crippen molar-refractivity contribution in [1.29, 1.82) is 5.26 Å². The molecule has 18 heavy (non-hydrogen) atoms. The van der Waals surface area contributed by atoms with Gasteiger partial charge in [-0.1, -0.05) is 46.5 Å². The van der Waals surface area contributed by atoms with E-state index in [4.69, 9.17) is 5.26 Å². The number of hydrogen-bond donors (Lipinski definition) is 1. The molecule has 0 aliphatic carbocycles. The van der Waals surface area contributed by atoms with Gasteiger partial charge in [-0.2, -0.15) is 5.26 Å². The lowest BCUT2D eigenvalue weighted by molar-refractivity contribution is -0.127. The number of nitriles is 1. The first-order chi connectivity index (χ1) is 8.46. The molecule has 3 heteroatoms. The lowest BCUT2D eigenvalue weighted by Crippen LogP contribution is -2.38. The van der Waals surface area contributed by atoms with E-state index >= 15 is 0 Å². The van der Waals surface area contributed by atoms with Crippen molar-refractivity contribution in [1.82, 2.24) is 5.32 Å². The summed E-state index contributed by atoms with van der Waals surface area (Å²) in [7, 11) is 0. The summed E-state index contributed by atoms with van der Waals surface area (Å²) in [6, 6.07) is 2.09. The van der Waals surface area contributed by atoms with Crippen LogP contribution in [0.25, 0.3) is 0 Å². The monoisotopic (exact) mass is 252 g/mol. The summed E-state index contributed by atoms with van der Waals surface area (Å²) in [6.45, 7) is 8.75. The summed E-state index contributed by atoms with van der Waals surface area (Å²) in [5.74, 6) is 0.653. The number of unbranched alkanes of at least 4 members (excludes halogenated alkanes) is 3. The van der Waals surface area contributed by atoms with Crippen molar-refractivity contribution in [2.45, 2.75) is 66.2 Å². The van der Waals surface area contributed by atoms with Gasteiger partial charge in [0.25, 0.3) is 0 Å². The minimum Gasteiger partial charge on any atom is -0.355 e. The van der Waals surface area contributed by atoms with Gasteiger partial charge in [-0.15, -0.1) is 0 Å². The Bertz CT molecular complexity index is 281. The van der Waals surface area contributed by atoms with Crippen molar-refractivity contribution in [3.8, 4) is 6.07 Å². The molecule has 0 aliphatic rings. The van der Waals surface area contributed by atoms with Crippen LogP contribution in [0.1, 0.15) is 66.2 Å². The largest absolute Gasteiger partial charge is 0.355 e. The van der Waals surface area contributed by atoms with Gasteiger partial charge in [0, 0.05) is 6.54 Å². The molecular weight excluding hydrogens is 224 g/mol. The van der Waals surface area contributed by atoms with E-state index in [-0.39, 0.29) is 5.91 Å². The van der Waals surface area contributed by atoms with Gasteiger partial charge in [-0.25, -0.2) is 0 Å². The number of nitrogens with zero attached hydrogens (tertiary/aromatic N) is 1. The number of rotatable bonds is 9. The van der Waals surface area contributed by atoms with Crippen LogP contribution in [0.15, 0.2) is 0 Å². The molecule has 0 saturated carbocycles. The molecule has 0 fully saturated rings. The van der Waals surface area contributed by atoms with Crippen molar-refractivity contribution >= 4 is 5.91 Å². The maximum absolute atomic E-state index is 11.8. The van der Waals surface area contributed by atoms with Gasteiger partial charge >= 0.3 is 0 Å². The minimum atomic E-state index is -0.863. The third-order valence-corrected chi connectivity index (χ3v) is 3.45. The van der Waals surface area contributed by atoms with Gasteiger partial charge in [0.2, 0.25) is 5.91 Å². The van der Waals surface area contributed by atoms with E-state index in [1.54, 1.807) is 6.92 Å². The highest BCUT2D eigenvalue weighted by molar-refractivity contribution is 5.84. The van der Waals surface area contributed by atoms with Gasteiger partial charge in [0.15, 0.2) is 0 Å². The molecule has 0 rings (SSSR count). The molecule has 0 heterocycles. The van der Waals surface area contributed by atoms with Gasteiger partial charge < -0.3 is 5.32 Å². The minimum absolute atomic E-state index is 0.130. The molecular formula is C15H28N2O. The number of nitrogens with one attached hydrogen (secondary N) is 1. The Hall–Kier alpha value is -1.04. The molecule has 1 atom stereocenters. The normalized spacial score (nSPS) is 14.0. The molecule has 0 aromatic heterocycles. The molecule has 3 nitrogen and oxygen atoms in total. The molecule has 0 aromatic rings. The zero-order chi connectivity index (χ0) is 14.0. The predicted octanol–water partition coefficient (Wildman–Crippen LogP) is 3.65. The molecule has 1 unspecified atom stereocenters. The second-order valence-corrected chi connectivity index (χ2v) is 5.65. The average Bonchev–Trinajstić information content (AvgIpc) is 2.35. The van der Waals surface area contributed by atoms with Crippen LogP contribution in [0.3, 0.4) is 0 Å². The van der Waals surface area contributed by atoms with Crippen LogP contribution in [0.2, 0.25) is 0 Å². The Morgan fingerprint density at radius 1 is 1.28 bits per heavy atom. The summed E-state index contributed by atoms with van der Waals surface area (Å²) in [4.78, 5) is 11.8. The van der Waals surface area contributed by atoms with Crippen molar-refractivity contribution in [3.63, 3.8) is 0 Å². The fraction of sp³-hybridized carbons (Fsp3) is 0.867. The molecule has 0 aliphatic heterocycles. The van der Waals surface area contributed by atoms with Gasteiger partial charge in [-0.05, 0) is 25.7 Å². The van der Waals surface area contributed by atoms with E-state index < -0.39 is 5.41 Å². The summed E-state index contributed by atoms with van der Waals surface area (Å²) in [6.07, 6.45) is 6.52. The molecule has 0 radical (unpaired) electrons. The molecule has 0 bridgehead atoms. The van der Waals surface area contributed by atoms with Crippen LogP contribution in [0, 0.1) is 22.7 Å². The highest BCUT2D eigenvalue weighted by Gasteiger charge is 2.30. The number of amides is 1. The Morgan fingerprint density at radius 3 is 2.39 bits per heavy atom. The standard InChI is InChI=1S/C15H28N2O/c1-5-15(4,12-16)14(18)17-11-9-7-6-8-10-13(2)3/h13H,5-11H2,1-4H3,(H,17,18). The van der Waals surface area contributed by atoms with Crippen LogP contribution in [0.4, 0.5) is 0 Å². The average molecular weight is 252 g/mol. The summed E-state index contributed by atoms with van der Waals surface area (Å²) < 4.78 is 0. The summed E-state index contributed by atoms with van der Waals surface area (Å²) >= 11 is 0. The maximum atomic E-state index is 11.8. The van der Waals surface area contributed by atoms with Crippen molar-refractivity contribution in [2.75, 3.05) is 6.54 Å². The Labute approximate surface area is 112 Å². The molecule has 1 N–H and O–H groups in total. The molecule has 1 amide bonds. The number of hydrogen-bond acceptors (Lipinski definition) is 2. The Morgan fingerprint density at radius 2 is 1.89 bits per heavy atom. The third-order valence-electron chi connectivity index (χ3n) is 3.45. The van der Waals surface area contributed by atoms with E-state index in [2.05, 4.69) is 25.2 Å². The van der Waals surface area contributed by atoms with Crippen molar-refractivity contribution in [3.05, 3.63) is 0 Å². The van der Waals surface area contributed by atoms with Crippen LogP contribution in [-0.2, 0) is 4.79 Å². The number of carbonyl (C=O) groups excluding carboxylic acids is 1. The van der Waals surface area contributed by atoms with E-state index in [9.17, 15) is 4.79 Å². The van der Waals surface area contributed by atoms with Crippen LogP contribution in [-0.4, -0.2) is 12.5 Å². The Kier molecular flexibility index (Phi) is 8.45. The van der Waals surface area contributed by atoms with Crippen molar-refractivity contribution in [2.24, 2.45) is 11.3 Å². The van der Waals surface area contributed by atoms with Gasteiger partial charge in [-0.3, -0.25) is 4.79 Å². The highest BCUT2D eigenvalue weighted by Crippen LogP contribution is 2.19. The lowest BCUT2D eigenvalue weighted by Gasteiger charge is -2.18. The lowest BCUT2D eigenvalue weighted by atomic mass is 9.88. The Balaban J connectivity index is 3.61. The first-order valence-corrected chi connectivity index (χ1v) is 7.15. The number of carbonyl (C=O) groups is 1. The predicted molar refractivity (Wildman–Crippen MR) is 74.9 cm³/mol. The fourth-order valence-corrected chi connectivity index (χ4v) is 1.72. The van der Waals surface area contributed by atoms with Crippen LogP contribution >= 0.6 is 0 Å². The molecule has 0 aromatic carbocycles. The molecule has 104 valence electrons. The van der Waals surface area contributed by atoms with E-state index in [0.29, 0.717) is 13.0 Å². The quantitative estimate of drug-likeness (QED) is 0.637. The third kappa shape index (κ3) is 6.64. The van der Waals surface area contributed by atoms with Crippen molar-refractivity contribution < 1.29 is 4.79 Å². The summed E-state index contributed by atoms with van der Waals surface area (Å²) in [5.41, 5.74) is -0.863. The van der Waals surface area contributed by atoms with E-state index in [1.165, 1.54) is 19.3 Å². The first-order valence-electron chi connectivity index (χ1n) is 7.15. The highest BCUT2D eigenvalue weighted by atomic mass is 16.2. The zero-order valence-corrected chi connectivity index (χ0v) is 12.4. The summed E-state index contributed by atoms with van der Waals surface area (Å²) in [5, 5.41) is 11.8. The topological polar surface area (TPSA) is 52.9 Å². The van der Waals surface area contributed by atoms with Gasteiger partial charge in [0.05, 0.1) is 6.07 Å².